The highest BCUT2D eigenvalue weighted by atomic mass is 16.7. The number of benzene rings is 2. The molecule has 4 rings (SSSR count). The van der Waals surface area contributed by atoms with Crippen molar-refractivity contribution in [1.82, 2.24) is 0 Å². The molecule has 0 spiro atoms. The molecule has 2 heteroatoms. The van der Waals surface area contributed by atoms with E-state index < -0.39 is 11.7 Å². The SMILES string of the molecule is COC(Oc1ccc(CC(C)(C)C)cc1)C(C1=CC=CCC1)(C1=CC=CCC1)c1ccccc1. The van der Waals surface area contributed by atoms with Crippen molar-refractivity contribution >= 4 is 0 Å². The molecule has 2 nitrogen and oxygen atoms in total. The van der Waals surface area contributed by atoms with Crippen molar-refractivity contribution in [3.05, 3.63) is 113 Å². The maximum Gasteiger partial charge on any atom is 0.216 e. The highest BCUT2D eigenvalue weighted by Crippen LogP contribution is 2.49. The van der Waals surface area contributed by atoms with Gasteiger partial charge >= 0.3 is 0 Å². The first-order valence-corrected chi connectivity index (χ1v) is 12.5. The first kappa shape index (κ1) is 24.3. The molecule has 0 radical (unpaired) electrons. The van der Waals surface area contributed by atoms with Crippen LogP contribution in [0.15, 0.2) is 102 Å². The second-order valence-corrected chi connectivity index (χ2v) is 10.6. The van der Waals surface area contributed by atoms with Gasteiger partial charge in [0, 0.05) is 7.11 Å². The van der Waals surface area contributed by atoms with Gasteiger partial charge in [0.1, 0.15) is 11.2 Å². The molecule has 0 fully saturated rings. The number of rotatable bonds is 8. The molecule has 0 saturated carbocycles. The summed E-state index contributed by atoms with van der Waals surface area (Å²) in [4.78, 5) is 0. The third kappa shape index (κ3) is 5.28. The Bertz CT molecular complexity index is 1030. The Labute approximate surface area is 205 Å². The van der Waals surface area contributed by atoms with Crippen LogP contribution in [-0.2, 0) is 16.6 Å². The summed E-state index contributed by atoms with van der Waals surface area (Å²) in [6.45, 7) is 6.81. The van der Waals surface area contributed by atoms with Crippen LogP contribution in [0.3, 0.4) is 0 Å². The van der Waals surface area contributed by atoms with Crippen molar-refractivity contribution in [2.45, 2.75) is 64.6 Å². The number of hydrogen-bond donors (Lipinski definition) is 0. The molecule has 2 aliphatic rings. The summed E-state index contributed by atoms with van der Waals surface area (Å²) in [5.41, 5.74) is 4.99. The van der Waals surface area contributed by atoms with Crippen LogP contribution in [0, 0.1) is 5.41 Å². The fourth-order valence-corrected chi connectivity index (χ4v) is 5.31. The van der Waals surface area contributed by atoms with Crippen LogP contribution in [0.25, 0.3) is 0 Å². The largest absolute Gasteiger partial charge is 0.463 e. The van der Waals surface area contributed by atoms with Crippen molar-refractivity contribution < 1.29 is 9.47 Å². The molecule has 0 aliphatic heterocycles. The minimum atomic E-state index is -0.490. The molecule has 2 aromatic rings. The Morgan fingerprint density at radius 2 is 1.38 bits per heavy atom. The van der Waals surface area contributed by atoms with Crippen molar-refractivity contribution in [3.63, 3.8) is 0 Å². The molecule has 178 valence electrons. The predicted molar refractivity (Wildman–Crippen MR) is 142 cm³/mol. The molecule has 1 unspecified atom stereocenters. The second kappa shape index (κ2) is 10.6. The molecular weight excluding hydrogens is 416 g/mol. The van der Waals surface area contributed by atoms with Gasteiger partial charge in [-0.25, -0.2) is 0 Å². The Balaban J connectivity index is 1.80. The molecule has 0 heterocycles. The van der Waals surface area contributed by atoms with Crippen LogP contribution in [-0.4, -0.2) is 13.4 Å². The molecular formula is C32H38O2. The van der Waals surface area contributed by atoms with Gasteiger partial charge in [-0.15, -0.1) is 0 Å². The van der Waals surface area contributed by atoms with Gasteiger partial charge in [0.2, 0.25) is 6.29 Å². The lowest BCUT2D eigenvalue weighted by Crippen LogP contribution is -2.48. The van der Waals surface area contributed by atoms with Gasteiger partial charge in [-0.3, -0.25) is 0 Å². The van der Waals surface area contributed by atoms with Gasteiger partial charge in [0.25, 0.3) is 0 Å². The maximum atomic E-state index is 6.72. The zero-order valence-corrected chi connectivity index (χ0v) is 21.1. The standard InChI is InChI=1S/C32H38O2/c1-31(2,3)24-25-20-22-29(23-21-25)34-30(33-4)32(26-14-8-5-9-15-26,27-16-10-6-11-17-27)28-18-12-7-13-19-28/h5-10,12,14-16,18,20-23,30H,11,13,17,19,24H2,1-4H3. The average molecular weight is 455 g/mol. The van der Waals surface area contributed by atoms with Crippen LogP contribution in [0.2, 0.25) is 0 Å². The van der Waals surface area contributed by atoms with E-state index in [9.17, 15) is 0 Å². The van der Waals surface area contributed by atoms with E-state index in [1.54, 1.807) is 7.11 Å². The highest BCUT2D eigenvalue weighted by Gasteiger charge is 2.48. The summed E-state index contributed by atoms with van der Waals surface area (Å²) in [5, 5.41) is 0. The number of allylic oxidation sites excluding steroid dienone is 6. The Hall–Kier alpha value is -2.84. The summed E-state index contributed by atoms with van der Waals surface area (Å²) >= 11 is 0. The minimum absolute atomic E-state index is 0.252. The van der Waals surface area contributed by atoms with E-state index >= 15 is 0 Å². The lowest BCUT2D eigenvalue weighted by atomic mass is 9.64. The van der Waals surface area contributed by atoms with Crippen molar-refractivity contribution in [1.29, 1.82) is 0 Å². The van der Waals surface area contributed by atoms with E-state index in [1.165, 1.54) is 22.3 Å². The first-order valence-electron chi connectivity index (χ1n) is 12.5. The minimum Gasteiger partial charge on any atom is -0.463 e. The van der Waals surface area contributed by atoms with Crippen molar-refractivity contribution in [2.75, 3.05) is 7.11 Å². The van der Waals surface area contributed by atoms with Crippen molar-refractivity contribution in [2.24, 2.45) is 5.41 Å². The van der Waals surface area contributed by atoms with Gasteiger partial charge in [-0.1, -0.05) is 99.7 Å². The predicted octanol–water partition coefficient (Wildman–Crippen LogP) is 8.12. The Morgan fingerprint density at radius 1 is 0.794 bits per heavy atom. The van der Waals surface area contributed by atoms with E-state index in [0.717, 1.165) is 37.9 Å². The third-order valence-electron chi connectivity index (χ3n) is 6.74. The molecule has 0 N–H and O–H groups in total. The average Bonchev–Trinajstić information content (AvgIpc) is 2.86. The molecule has 2 aliphatic carbocycles. The van der Waals surface area contributed by atoms with E-state index in [0.29, 0.717) is 0 Å². The fourth-order valence-electron chi connectivity index (χ4n) is 5.31. The molecule has 0 saturated heterocycles. The number of methoxy groups -OCH3 is 1. The quantitative estimate of drug-likeness (QED) is 0.375. The van der Waals surface area contributed by atoms with Gasteiger partial charge in [-0.2, -0.15) is 0 Å². The van der Waals surface area contributed by atoms with Gasteiger partial charge in [0.05, 0.1) is 0 Å². The topological polar surface area (TPSA) is 18.5 Å². The molecule has 34 heavy (non-hydrogen) atoms. The summed E-state index contributed by atoms with van der Waals surface area (Å²) in [5.74, 6) is 0.837. The van der Waals surface area contributed by atoms with E-state index in [-0.39, 0.29) is 5.41 Å². The third-order valence-corrected chi connectivity index (χ3v) is 6.74. The van der Waals surface area contributed by atoms with Gasteiger partial charge in [-0.05, 0) is 71.9 Å². The van der Waals surface area contributed by atoms with E-state index in [4.69, 9.17) is 9.47 Å². The molecule has 2 aromatic carbocycles. The maximum absolute atomic E-state index is 6.72. The molecule has 0 aromatic heterocycles. The summed E-state index contributed by atoms with van der Waals surface area (Å²) in [7, 11) is 1.77. The van der Waals surface area contributed by atoms with Crippen LogP contribution in [0.1, 0.15) is 57.6 Å². The summed E-state index contributed by atoms with van der Waals surface area (Å²) in [6.07, 6.45) is 18.0. The molecule has 0 amide bonds. The molecule has 1 atom stereocenters. The smallest absolute Gasteiger partial charge is 0.216 e. The lowest BCUT2D eigenvalue weighted by molar-refractivity contribution is -0.0888. The van der Waals surface area contributed by atoms with E-state index in [1.807, 2.05) is 0 Å². The van der Waals surface area contributed by atoms with Crippen LogP contribution >= 0.6 is 0 Å². The summed E-state index contributed by atoms with van der Waals surface area (Å²) in [6, 6.07) is 19.3. The summed E-state index contributed by atoms with van der Waals surface area (Å²) < 4.78 is 13.0. The normalized spacial score (nSPS) is 17.2. The lowest BCUT2D eigenvalue weighted by Gasteiger charge is -2.45. The zero-order valence-electron chi connectivity index (χ0n) is 21.1. The Kier molecular flexibility index (Phi) is 7.58. The second-order valence-electron chi connectivity index (χ2n) is 10.6. The monoisotopic (exact) mass is 454 g/mol. The Morgan fingerprint density at radius 3 is 1.85 bits per heavy atom. The van der Waals surface area contributed by atoms with Crippen LogP contribution in [0.4, 0.5) is 0 Å². The highest BCUT2D eigenvalue weighted by molar-refractivity contribution is 5.52. The first-order chi connectivity index (χ1) is 16.4. The van der Waals surface area contributed by atoms with Crippen molar-refractivity contribution in [3.8, 4) is 5.75 Å². The molecule has 0 bridgehead atoms. The zero-order chi connectivity index (χ0) is 24.0. The number of ether oxygens (including phenoxy) is 2. The van der Waals surface area contributed by atoms with Gasteiger partial charge in [0.15, 0.2) is 0 Å². The fraction of sp³-hybridized carbons (Fsp3) is 0.375. The van der Waals surface area contributed by atoms with Crippen LogP contribution in [0.5, 0.6) is 5.75 Å². The van der Waals surface area contributed by atoms with Crippen LogP contribution < -0.4 is 4.74 Å². The van der Waals surface area contributed by atoms with E-state index in [2.05, 4.69) is 112 Å². The number of hydrogen-bond acceptors (Lipinski definition) is 2. The van der Waals surface area contributed by atoms with Gasteiger partial charge < -0.3 is 9.47 Å².